The molecule has 6 nitrogen and oxygen atoms in total. The van der Waals surface area contributed by atoms with Crippen LogP contribution in [0.25, 0.3) is 0 Å². The maximum absolute atomic E-state index is 12.6. The molecule has 1 unspecified atom stereocenters. The van der Waals surface area contributed by atoms with Gasteiger partial charge in [-0.05, 0) is 23.8 Å². The highest BCUT2D eigenvalue weighted by molar-refractivity contribution is 9.10. The summed E-state index contributed by atoms with van der Waals surface area (Å²) < 4.78 is 37.2. The predicted molar refractivity (Wildman–Crippen MR) is 97.5 cm³/mol. The minimum absolute atomic E-state index is 0.0642. The Kier molecular flexibility index (Phi) is 4.34. The first kappa shape index (κ1) is 17.3. The third kappa shape index (κ3) is 3.04. The maximum atomic E-state index is 12.6. The van der Waals surface area contributed by atoms with Crippen LogP contribution in [0.2, 0.25) is 0 Å². The number of rotatable bonds is 3. The van der Waals surface area contributed by atoms with Gasteiger partial charge in [0.05, 0.1) is 11.6 Å². The summed E-state index contributed by atoms with van der Waals surface area (Å²) in [6, 6.07) is 13.6. The van der Waals surface area contributed by atoms with E-state index in [1.165, 1.54) is 0 Å². The molecule has 4 rings (SSSR count). The molecule has 26 heavy (non-hydrogen) atoms. The van der Waals surface area contributed by atoms with Gasteiger partial charge in [-0.3, -0.25) is 0 Å². The molecule has 0 radical (unpaired) electrons. The molecule has 2 heterocycles. The van der Waals surface area contributed by atoms with Gasteiger partial charge in [-0.25, -0.2) is 4.79 Å². The van der Waals surface area contributed by atoms with E-state index in [1.54, 1.807) is 24.3 Å². The van der Waals surface area contributed by atoms with Crippen LogP contribution in [0.3, 0.4) is 0 Å². The van der Waals surface area contributed by atoms with E-state index in [4.69, 9.17) is 8.92 Å². The largest absolute Gasteiger partial charge is 0.457 e. The van der Waals surface area contributed by atoms with Crippen molar-refractivity contribution in [2.45, 2.75) is 12.6 Å². The number of halogens is 1. The Morgan fingerprint density at radius 3 is 2.77 bits per heavy atom. The first-order valence-electron chi connectivity index (χ1n) is 7.87. The summed E-state index contributed by atoms with van der Waals surface area (Å²) in [5.41, 5.74) is 1.76. The van der Waals surface area contributed by atoms with Gasteiger partial charge in [0.2, 0.25) is 0 Å². The van der Waals surface area contributed by atoms with Crippen LogP contribution < -0.4 is 4.18 Å². The van der Waals surface area contributed by atoms with E-state index in [0.717, 1.165) is 14.3 Å². The number of esters is 1. The average Bonchev–Trinajstić information content (AvgIpc) is 3.08. The molecule has 134 valence electrons. The number of carbonyl (C=O) groups excluding carboxylic acids is 1. The van der Waals surface area contributed by atoms with Crippen LogP contribution in [0.4, 0.5) is 0 Å². The lowest BCUT2D eigenvalue weighted by atomic mass is 10.00. The normalized spacial score (nSPS) is 20.5. The Bertz CT molecular complexity index is 1000. The molecule has 0 N–H and O–H groups in total. The molecule has 2 aromatic rings. The summed E-state index contributed by atoms with van der Waals surface area (Å²) in [7, 11) is -3.96. The smallest absolute Gasteiger partial charge is 0.386 e. The van der Waals surface area contributed by atoms with Gasteiger partial charge in [0, 0.05) is 16.6 Å². The standard InChI is InChI=1S/C18H14BrNO5S/c19-13-6-7-16-15(10-13)17-14(8-9-20(17)26(22,23)25-16)18(21)24-11-12-4-2-1-3-5-12/h1-8,10,17H,9,11H2. The zero-order valence-electron chi connectivity index (χ0n) is 13.5. The number of hydrogen-bond donors (Lipinski definition) is 0. The van der Waals surface area contributed by atoms with Gasteiger partial charge in [0.1, 0.15) is 12.4 Å². The Hall–Kier alpha value is -2.16. The van der Waals surface area contributed by atoms with E-state index in [2.05, 4.69) is 15.9 Å². The molecular weight excluding hydrogens is 422 g/mol. The summed E-state index contributed by atoms with van der Waals surface area (Å²) in [5, 5.41) is 0. The molecule has 2 aliphatic rings. The lowest BCUT2D eigenvalue weighted by Gasteiger charge is -2.31. The fraction of sp³-hybridized carbons (Fsp3) is 0.167. The lowest BCUT2D eigenvalue weighted by Crippen LogP contribution is -2.40. The quantitative estimate of drug-likeness (QED) is 0.692. The number of nitrogens with zero attached hydrogens (tertiary/aromatic N) is 1. The SMILES string of the molecule is O=C(OCc1ccccc1)C1=CCN2C1c1cc(Br)ccc1OS2(=O)=O. The minimum Gasteiger partial charge on any atom is -0.457 e. The topological polar surface area (TPSA) is 72.9 Å². The molecule has 0 spiro atoms. The van der Waals surface area contributed by atoms with Crippen LogP contribution in [0.5, 0.6) is 5.75 Å². The van der Waals surface area contributed by atoms with Crippen LogP contribution in [-0.2, 0) is 26.4 Å². The van der Waals surface area contributed by atoms with E-state index in [9.17, 15) is 13.2 Å². The minimum atomic E-state index is -3.96. The highest BCUT2D eigenvalue weighted by Gasteiger charge is 2.46. The van der Waals surface area contributed by atoms with Crippen molar-refractivity contribution in [3.63, 3.8) is 0 Å². The van der Waals surface area contributed by atoms with Crippen molar-refractivity contribution in [2.24, 2.45) is 0 Å². The van der Waals surface area contributed by atoms with E-state index >= 15 is 0 Å². The molecule has 0 saturated heterocycles. The highest BCUT2D eigenvalue weighted by Crippen LogP contribution is 2.45. The summed E-state index contributed by atoms with van der Waals surface area (Å²) in [6.07, 6.45) is 1.58. The Labute approximate surface area is 159 Å². The summed E-state index contributed by atoms with van der Waals surface area (Å²) >= 11 is 3.38. The Morgan fingerprint density at radius 2 is 2.00 bits per heavy atom. The molecule has 2 aliphatic heterocycles. The van der Waals surface area contributed by atoms with Gasteiger partial charge in [0.15, 0.2) is 0 Å². The summed E-state index contributed by atoms with van der Waals surface area (Å²) in [6.45, 7) is 0.188. The molecule has 1 atom stereocenters. The van der Waals surface area contributed by atoms with Crippen LogP contribution in [0.1, 0.15) is 17.2 Å². The molecule has 0 aromatic heterocycles. The van der Waals surface area contributed by atoms with Gasteiger partial charge in [-0.1, -0.05) is 52.3 Å². The molecule has 0 aliphatic carbocycles. The van der Waals surface area contributed by atoms with Crippen LogP contribution in [0.15, 0.2) is 64.7 Å². The highest BCUT2D eigenvalue weighted by atomic mass is 79.9. The van der Waals surface area contributed by atoms with E-state index in [1.807, 2.05) is 30.3 Å². The second kappa shape index (κ2) is 6.53. The first-order chi connectivity index (χ1) is 12.5. The second-order valence-corrected chi connectivity index (χ2v) is 8.32. The van der Waals surface area contributed by atoms with Crippen LogP contribution in [0, 0.1) is 0 Å². The number of fused-ring (bicyclic) bond motifs is 3. The van der Waals surface area contributed by atoms with E-state index in [-0.39, 0.29) is 18.9 Å². The maximum Gasteiger partial charge on any atom is 0.386 e. The van der Waals surface area contributed by atoms with Crippen molar-refractivity contribution in [2.75, 3.05) is 6.54 Å². The summed E-state index contributed by atoms with van der Waals surface area (Å²) in [5.74, 6) is -0.317. The van der Waals surface area contributed by atoms with Crippen molar-refractivity contribution in [1.82, 2.24) is 4.31 Å². The van der Waals surface area contributed by atoms with Crippen molar-refractivity contribution in [3.05, 3.63) is 75.8 Å². The van der Waals surface area contributed by atoms with E-state index in [0.29, 0.717) is 11.1 Å². The fourth-order valence-corrected chi connectivity index (χ4v) is 4.67. The van der Waals surface area contributed by atoms with Crippen molar-refractivity contribution < 1.29 is 22.1 Å². The van der Waals surface area contributed by atoms with Gasteiger partial charge < -0.3 is 8.92 Å². The molecule has 8 heteroatoms. The molecule has 0 fully saturated rings. The van der Waals surface area contributed by atoms with Crippen LogP contribution >= 0.6 is 15.9 Å². The Balaban J connectivity index is 1.63. The third-order valence-electron chi connectivity index (χ3n) is 4.27. The van der Waals surface area contributed by atoms with Crippen LogP contribution in [-0.4, -0.2) is 25.2 Å². The zero-order valence-corrected chi connectivity index (χ0v) is 15.9. The molecule has 2 aromatic carbocycles. The average molecular weight is 436 g/mol. The number of carbonyl (C=O) groups is 1. The number of benzene rings is 2. The molecule has 0 bridgehead atoms. The lowest BCUT2D eigenvalue weighted by molar-refractivity contribution is -0.140. The summed E-state index contributed by atoms with van der Waals surface area (Å²) in [4.78, 5) is 12.6. The van der Waals surface area contributed by atoms with Crippen molar-refractivity contribution in [3.8, 4) is 5.75 Å². The van der Waals surface area contributed by atoms with Crippen molar-refractivity contribution in [1.29, 1.82) is 0 Å². The van der Waals surface area contributed by atoms with Gasteiger partial charge in [-0.15, -0.1) is 0 Å². The third-order valence-corrected chi connectivity index (χ3v) is 6.09. The second-order valence-electron chi connectivity index (χ2n) is 5.92. The number of hydrogen-bond acceptors (Lipinski definition) is 5. The molecule has 0 amide bonds. The number of ether oxygens (including phenoxy) is 1. The van der Waals surface area contributed by atoms with Crippen molar-refractivity contribution >= 4 is 32.2 Å². The predicted octanol–water partition coefficient (Wildman–Crippen LogP) is 3.11. The van der Waals surface area contributed by atoms with Gasteiger partial charge in [0.25, 0.3) is 0 Å². The van der Waals surface area contributed by atoms with Gasteiger partial charge >= 0.3 is 16.3 Å². The first-order valence-corrected chi connectivity index (χ1v) is 10.0. The Morgan fingerprint density at radius 1 is 1.23 bits per heavy atom. The van der Waals surface area contributed by atoms with Gasteiger partial charge in [-0.2, -0.15) is 12.7 Å². The monoisotopic (exact) mass is 435 g/mol. The fourth-order valence-electron chi connectivity index (χ4n) is 3.08. The molecule has 0 saturated carbocycles. The zero-order chi connectivity index (χ0) is 18.3. The van der Waals surface area contributed by atoms with E-state index < -0.39 is 22.3 Å². The molecular formula is C18H14BrNO5S.